The topological polar surface area (TPSA) is 46.5 Å². The lowest BCUT2D eigenvalue weighted by Crippen LogP contribution is -1.91. The molecule has 0 rings (SSSR count). The van der Waals surface area contributed by atoms with Crippen LogP contribution in [-0.2, 0) is 4.74 Å². The van der Waals surface area contributed by atoms with Crippen molar-refractivity contribution in [1.82, 2.24) is 0 Å². The molecule has 0 bridgehead atoms. The number of carbonyl (C=O) groups is 1. The van der Waals surface area contributed by atoms with Crippen LogP contribution in [0, 0.1) is 0 Å². The minimum absolute atomic E-state index is 0.879. The van der Waals surface area contributed by atoms with E-state index < -0.39 is 6.16 Å². The summed E-state index contributed by atoms with van der Waals surface area (Å²) in [4.78, 5) is 9.76. The molecule has 58 valence electrons. The highest BCUT2D eigenvalue weighted by atomic mass is 16.7. The average Bonchev–Trinajstić information content (AvgIpc) is 1.87. The Morgan fingerprint density at radius 2 is 2.40 bits per heavy atom. The maximum Gasteiger partial charge on any atom is 0.510 e. The van der Waals surface area contributed by atoms with Gasteiger partial charge in [0.1, 0.15) is 0 Å². The Kier molecular flexibility index (Phi) is 5.53. The molecule has 0 heterocycles. The van der Waals surface area contributed by atoms with Gasteiger partial charge < -0.3 is 9.84 Å². The summed E-state index contributed by atoms with van der Waals surface area (Å²) in [6, 6.07) is 0. The molecule has 0 aromatic rings. The lowest BCUT2D eigenvalue weighted by atomic mass is 10.2. The Hall–Kier alpha value is -0.990. The van der Waals surface area contributed by atoms with Crippen molar-refractivity contribution in [2.75, 3.05) is 0 Å². The van der Waals surface area contributed by atoms with E-state index in [2.05, 4.69) is 11.7 Å². The molecule has 0 saturated heterocycles. The first kappa shape index (κ1) is 9.01. The first-order chi connectivity index (χ1) is 4.77. The molecule has 0 unspecified atom stereocenters. The number of ether oxygens (including phenoxy) is 1. The van der Waals surface area contributed by atoms with Crippen molar-refractivity contribution in [3.63, 3.8) is 0 Å². The summed E-state index contributed by atoms with van der Waals surface area (Å²) in [6.45, 7) is 2.08. The summed E-state index contributed by atoms with van der Waals surface area (Å²) < 4.78 is 4.12. The van der Waals surface area contributed by atoms with Crippen molar-refractivity contribution < 1.29 is 14.6 Å². The Bertz CT molecular complexity index is 118. The van der Waals surface area contributed by atoms with E-state index in [4.69, 9.17) is 5.11 Å². The zero-order chi connectivity index (χ0) is 7.82. The monoisotopic (exact) mass is 144 g/mol. The maximum absolute atomic E-state index is 9.76. The van der Waals surface area contributed by atoms with E-state index in [1.807, 2.05) is 0 Å². The van der Waals surface area contributed by atoms with Gasteiger partial charge in [0.05, 0.1) is 6.26 Å². The molecule has 3 nitrogen and oxygen atoms in total. The van der Waals surface area contributed by atoms with Gasteiger partial charge in [-0.25, -0.2) is 4.79 Å². The minimum atomic E-state index is -1.26. The van der Waals surface area contributed by atoms with Gasteiger partial charge in [-0.1, -0.05) is 13.3 Å². The second kappa shape index (κ2) is 6.13. The van der Waals surface area contributed by atoms with E-state index in [9.17, 15) is 4.79 Å². The molecular weight excluding hydrogens is 132 g/mol. The van der Waals surface area contributed by atoms with Crippen LogP contribution in [0.15, 0.2) is 12.3 Å². The van der Waals surface area contributed by atoms with Crippen molar-refractivity contribution in [2.24, 2.45) is 0 Å². The highest BCUT2D eigenvalue weighted by Crippen LogP contribution is 1.94. The Balaban J connectivity index is 3.12. The quantitative estimate of drug-likeness (QED) is 0.374. The van der Waals surface area contributed by atoms with Gasteiger partial charge in [-0.3, -0.25) is 0 Å². The number of rotatable bonds is 4. The van der Waals surface area contributed by atoms with Crippen LogP contribution in [0.4, 0.5) is 4.79 Å². The second-order valence-electron chi connectivity index (χ2n) is 1.90. The molecule has 0 saturated carbocycles. The Morgan fingerprint density at radius 3 is 2.90 bits per heavy atom. The summed E-state index contributed by atoms with van der Waals surface area (Å²) in [5.74, 6) is 0. The van der Waals surface area contributed by atoms with Crippen molar-refractivity contribution in [2.45, 2.75) is 26.2 Å². The molecule has 0 spiro atoms. The average molecular weight is 144 g/mol. The van der Waals surface area contributed by atoms with Gasteiger partial charge in [0.25, 0.3) is 0 Å². The van der Waals surface area contributed by atoms with E-state index >= 15 is 0 Å². The standard InChI is InChI=1S/C7H12O3/c1-2-3-4-5-6-10-7(8)9/h5-6H,2-4H2,1H3,(H,8,9). The fourth-order valence-corrected chi connectivity index (χ4v) is 0.496. The van der Waals surface area contributed by atoms with Gasteiger partial charge in [-0.15, -0.1) is 0 Å². The van der Waals surface area contributed by atoms with Crippen molar-refractivity contribution in [1.29, 1.82) is 0 Å². The summed E-state index contributed by atoms with van der Waals surface area (Å²) in [5.41, 5.74) is 0. The first-order valence-electron chi connectivity index (χ1n) is 3.32. The molecule has 0 atom stereocenters. The number of unbranched alkanes of at least 4 members (excludes halogenated alkanes) is 2. The van der Waals surface area contributed by atoms with E-state index in [1.165, 1.54) is 6.26 Å². The SMILES string of the molecule is CCCCC=COC(=O)O. The third-order valence-electron chi connectivity index (χ3n) is 0.989. The van der Waals surface area contributed by atoms with Gasteiger partial charge in [-0.2, -0.15) is 0 Å². The number of hydrogen-bond acceptors (Lipinski definition) is 2. The highest BCUT2D eigenvalue weighted by Gasteiger charge is 1.87. The van der Waals surface area contributed by atoms with Gasteiger partial charge in [0.15, 0.2) is 0 Å². The predicted molar refractivity (Wildman–Crippen MR) is 37.8 cm³/mol. The summed E-state index contributed by atoms with van der Waals surface area (Å²) in [7, 11) is 0. The molecule has 3 heteroatoms. The molecule has 0 aliphatic carbocycles. The Morgan fingerprint density at radius 1 is 1.70 bits per heavy atom. The van der Waals surface area contributed by atoms with Crippen LogP contribution in [-0.4, -0.2) is 11.3 Å². The smallest absolute Gasteiger partial charge is 0.449 e. The molecule has 0 fully saturated rings. The molecular formula is C7H12O3. The predicted octanol–water partition coefficient (Wildman–Crippen LogP) is 2.38. The summed E-state index contributed by atoms with van der Waals surface area (Å²) in [6.07, 6.45) is 4.71. The van der Waals surface area contributed by atoms with Crippen molar-refractivity contribution in [3.05, 3.63) is 12.3 Å². The van der Waals surface area contributed by atoms with E-state index in [0.29, 0.717) is 0 Å². The molecule has 1 N–H and O–H groups in total. The van der Waals surface area contributed by atoms with Crippen LogP contribution >= 0.6 is 0 Å². The normalized spacial score (nSPS) is 10.1. The zero-order valence-electron chi connectivity index (χ0n) is 6.04. The maximum atomic E-state index is 9.76. The van der Waals surface area contributed by atoms with Crippen LogP contribution in [0.2, 0.25) is 0 Å². The summed E-state index contributed by atoms with van der Waals surface area (Å²) >= 11 is 0. The van der Waals surface area contributed by atoms with Gasteiger partial charge in [0.2, 0.25) is 0 Å². The van der Waals surface area contributed by atoms with Crippen molar-refractivity contribution in [3.8, 4) is 0 Å². The number of allylic oxidation sites excluding steroid dienone is 1. The van der Waals surface area contributed by atoms with Gasteiger partial charge in [-0.05, 0) is 18.9 Å². The third kappa shape index (κ3) is 7.01. The molecule has 10 heavy (non-hydrogen) atoms. The fraction of sp³-hybridized carbons (Fsp3) is 0.571. The zero-order valence-corrected chi connectivity index (χ0v) is 6.04. The minimum Gasteiger partial charge on any atom is -0.449 e. The summed E-state index contributed by atoms with van der Waals surface area (Å²) in [5, 5.41) is 8.00. The largest absolute Gasteiger partial charge is 0.510 e. The Labute approximate surface area is 60.3 Å². The van der Waals surface area contributed by atoms with Crippen LogP contribution < -0.4 is 0 Å². The first-order valence-corrected chi connectivity index (χ1v) is 3.32. The van der Waals surface area contributed by atoms with Crippen LogP contribution in [0.25, 0.3) is 0 Å². The van der Waals surface area contributed by atoms with Gasteiger partial charge in [0, 0.05) is 0 Å². The molecule has 0 aromatic heterocycles. The van der Waals surface area contributed by atoms with E-state index in [1.54, 1.807) is 6.08 Å². The molecule has 0 amide bonds. The number of carboxylic acid groups (broad SMARTS) is 1. The number of hydrogen-bond donors (Lipinski definition) is 1. The van der Waals surface area contributed by atoms with Crippen LogP contribution in [0.5, 0.6) is 0 Å². The second-order valence-corrected chi connectivity index (χ2v) is 1.90. The molecule has 0 aliphatic rings. The lowest BCUT2D eigenvalue weighted by molar-refractivity contribution is 0.128. The molecule has 0 aliphatic heterocycles. The van der Waals surface area contributed by atoms with Crippen molar-refractivity contribution >= 4 is 6.16 Å². The van der Waals surface area contributed by atoms with Crippen LogP contribution in [0.3, 0.4) is 0 Å². The van der Waals surface area contributed by atoms with Gasteiger partial charge >= 0.3 is 6.16 Å². The third-order valence-corrected chi connectivity index (χ3v) is 0.989. The molecule has 0 aromatic carbocycles. The fourth-order valence-electron chi connectivity index (χ4n) is 0.496. The lowest BCUT2D eigenvalue weighted by Gasteiger charge is -1.88. The van der Waals surface area contributed by atoms with E-state index in [0.717, 1.165) is 19.3 Å². The molecule has 0 radical (unpaired) electrons. The van der Waals surface area contributed by atoms with Crippen LogP contribution in [0.1, 0.15) is 26.2 Å². The van der Waals surface area contributed by atoms with E-state index in [-0.39, 0.29) is 0 Å². The highest BCUT2D eigenvalue weighted by molar-refractivity contribution is 5.57.